The van der Waals surface area contributed by atoms with Crippen molar-refractivity contribution in [2.75, 3.05) is 26.3 Å². The van der Waals surface area contributed by atoms with Crippen molar-refractivity contribution in [3.8, 4) is 0 Å². The molecule has 1 aliphatic heterocycles. The van der Waals surface area contributed by atoms with Crippen molar-refractivity contribution in [2.24, 2.45) is 23.2 Å². The predicted octanol–water partition coefficient (Wildman–Crippen LogP) is 3.55. The lowest BCUT2D eigenvalue weighted by molar-refractivity contribution is -0.197. The normalized spacial score (nSPS) is 27.4. The molecule has 1 amide bonds. The summed E-state index contributed by atoms with van der Waals surface area (Å²) in [4.78, 5) is 42.1. The molecule has 1 aromatic rings. The van der Waals surface area contributed by atoms with Gasteiger partial charge < -0.3 is 14.4 Å². The van der Waals surface area contributed by atoms with Gasteiger partial charge in [0, 0.05) is 19.0 Å². The third-order valence-electron chi connectivity index (χ3n) is 7.43. The van der Waals surface area contributed by atoms with Crippen LogP contribution in [0.1, 0.15) is 57.4 Å². The molecule has 3 atom stereocenters. The van der Waals surface area contributed by atoms with Crippen LogP contribution in [0.15, 0.2) is 30.3 Å². The Morgan fingerprint density at radius 2 is 1.58 bits per heavy atom. The maximum absolute atomic E-state index is 13.6. The number of fused-ring (bicyclic) bond motifs is 1. The molecule has 1 saturated heterocycles. The molecule has 168 valence electrons. The summed E-state index contributed by atoms with van der Waals surface area (Å²) in [5.74, 6) is -2.06. The fraction of sp³-hybridized carbons (Fsp3) is 0.640. The summed E-state index contributed by atoms with van der Waals surface area (Å²) in [7, 11) is 0. The molecule has 0 radical (unpaired) electrons. The van der Waals surface area contributed by atoms with E-state index in [1.165, 1.54) is 19.3 Å². The second-order valence-corrected chi connectivity index (χ2v) is 9.09. The summed E-state index contributed by atoms with van der Waals surface area (Å²) in [6.07, 6.45) is 5.97. The Hall–Kier alpha value is -2.37. The maximum Gasteiger partial charge on any atom is 0.324 e. The molecule has 4 rings (SSSR count). The number of esters is 2. The van der Waals surface area contributed by atoms with Gasteiger partial charge in [0.25, 0.3) is 0 Å². The highest BCUT2D eigenvalue weighted by Gasteiger charge is 2.77. The van der Waals surface area contributed by atoms with Crippen LogP contribution in [0.2, 0.25) is 0 Å². The summed E-state index contributed by atoms with van der Waals surface area (Å²) < 4.78 is 10.8. The molecule has 3 aliphatic rings. The molecule has 1 aromatic carbocycles. The van der Waals surface area contributed by atoms with E-state index in [-0.39, 0.29) is 25.0 Å². The van der Waals surface area contributed by atoms with Crippen LogP contribution in [0.3, 0.4) is 0 Å². The van der Waals surface area contributed by atoms with Gasteiger partial charge in [-0.25, -0.2) is 0 Å². The number of carbonyl (C=O) groups excluding carboxylic acids is 3. The first-order chi connectivity index (χ1) is 15.1. The zero-order valence-electron chi connectivity index (χ0n) is 18.5. The Labute approximate surface area is 184 Å². The van der Waals surface area contributed by atoms with Gasteiger partial charge in [0.2, 0.25) is 5.91 Å². The van der Waals surface area contributed by atoms with Crippen molar-refractivity contribution in [3.05, 3.63) is 35.9 Å². The zero-order valence-corrected chi connectivity index (χ0v) is 18.5. The third-order valence-corrected chi connectivity index (χ3v) is 7.43. The molecule has 0 N–H and O–H groups in total. The topological polar surface area (TPSA) is 72.9 Å². The van der Waals surface area contributed by atoms with Gasteiger partial charge in [0.15, 0.2) is 5.41 Å². The molecule has 0 aromatic heterocycles. The number of likely N-dealkylation sites (tertiary alicyclic amines) is 1. The van der Waals surface area contributed by atoms with Gasteiger partial charge in [-0.15, -0.1) is 0 Å². The lowest BCUT2D eigenvalue weighted by atomic mass is 9.45. The van der Waals surface area contributed by atoms with E-state index in [9.17, 15) is 14.4 Å². The fourth-order valence-electron chi connectivity index (χ4n) is 6.18. The van der Waals surface area contributed by atoms with Gasteiger partial charge in [-0.1, -0.05) is 49.6 Å². The highest BCUT2D eigenvalue weighted by Crippen LogP contribution is 2.65. The van der Waals surface area contributed by atoms with Crippen molar-refractivity contribution in [1.82, 2.24) is 4.90 Å². The lowest BCUT2D eigenvalue weighted by Crippen LogP contribution is -2.65. The zero-order chi connectivity index (χ0) is 22.0. The molecule has 3 fully saturated rings. The molecule has 6 heteroatoms. The summed E-state index contributed by atoms with van der Waals surface area (Å²) in [5, 5.41) is 0. The molecule has 0 bridgehead atoms. The van der Waals surface area contributed by atoms with Crippen molar-refractivity contribution in [3.63, 3.8) is 0 Å². The monoisotopic (exact) mass is 427 g/mol. The standard InChI is InChI=1S/C25H33NO5/c1-3-30-23(28)25(24(29)31-4-2)20(18-13-9-6-10-14-18)19-16-26(22(27)21(19)25)15-17-11-7-5-8-12-17/h6,9-10,13-14,17,19-21H,3-5,7-8,11-12,15-16H2,1-2H3/t19-,20-,21+/m0/s1. The van der Waals surface area contributed by atoms with E-state index in [1.807, 2.05) is 35.2 Å². The Kier molecular flexibility index (Phi) is 6.35. The summed E-state index contributed by atoms with van der Waals surface area (Å²) >= 11 is 0. The number of hydrogen-bond acceptors (Lipinski definition) is 5. The number of nitrogens with zero attached hydrogens (tertiary/aromatic N) is 1. The molecule has 2 saturated carbocycles. The second kappa shape index (κ2) is 9.01. The smallest absolute Gasteiger partial charge is 0.324 e. The summed E-state index contributed by atoms with van der Waals surface area (Å²) in [5.41, 5.74) is -0.714. The third kappa shape index (κ3) is 3.54. The lowest BCUT2D eigenvalue weighted by Gasteiger charge is -2.53. The van der Waals surface area contributed by atoms with Crippen LogP contribution in [0.4, 0.5) is 0 Å². The minimum Gasteiger partial charge on any atom is -0.465 e. The average molecular weight is 428 g/mol. The van der Waals surface area contributed by atoms with Crippen LogP contribution < -0.4 is 0 Å². The van der Waals surface area contributed by atoms with Gasteiger partial charge in [-0.2, -0.15) is 0 Å². The van der Waals surface area contributed by atoms with E-state index >= 15 is 0 Å². The first kappa shape index (κ1) is 21.8. The Bertz CT molecular complexity index is 798. The van der Waals surface area contributed by atoms with Crippen LogP contribution >= 0.6 is 0 Å². The summed E-state index contributed by atoms with van der Waals surface area (Å²) in [6.45, 7) is 5.04. The van der Waals surface area contributed by atoms with E-state index in [0.29, 0.717) is 12.5 Å². The first-order valence-corrected chi connectivity index (χ1v) is 11.7. The van der Waals surface area contributed by atoms with Crippen LogP contribution in [0, 0.1) is 23.2 Å². The molecular weight excluding hydrogens is 394 g/mol. The van der Waals surface area contributed by atoms with Crippen LogP contribution in [0.5, 0.6) is 0 Å². The van der Waals surface area contributed by atoms with Crippen molar-refractivity contribution >= 4 is 17.8 Å². The number of rotatable bonds is 7. The highest BCUT2D eigenvalue weighted by atomic mass is 16.6. The summed E-state index contributed by atoms with van der Waals surface area (Å²) in [6, 6.07) is 9.58. The molecule has 0 spiro atoms. The quantitative estimate of drug-likeness (QED) is 0.492. The van der Waals surface area contributed by atoms with E-state index < -0.39 is 29.2 Å². The van der Waals surface area contributed by atoms with Crippen LogP contribution in [-0.2, 0) is 23.9 Å². The van der Waals surface area contributed by atoms with Gasteiger partial charge >= 0.3 is 11.9 Å². The van der Waals surface area contributed by atoms with Crippen molar-refractivity contribution in [2.45, 2.75) is 51.9 Å². The number of carbonyl (C=O) groups is 3. The maximum atomic E-state index is 13.6. The number of ether oxygens (including phenoxy) is 2. The molecular formula is C25H33NO5. The first-order valence-electron chi connectivity index (χ1n) is 11.7. The minimum atomic E-state index is -1.60. The van der Waals surface area contributed by atoms with E-state index in [1.54, 1.807) is 13.8 Å². The number of benzene rings is 1. The van der Waals surface area contributed by atoms with E-state index in [4.69, 9.17) is 9.47 Å². The van der Waals surface area contributed by atoms with Gasteiger partial charge in [-0.3, -0.25) is 14.4 Å². The second-order valence-electron chi connectivity index (χ2n) is 9.09. The van der Waals surface area contributed by atoms with Crippen molar-refractivity contribution in [1.29, 1.82) is 0 Å². The van der Waals surface area contributed by atoms with Crippen molar-refractivity contribution < 1.29 is 23.9 Å². The highest BCUT2D eigenvalue weighted by molar-refractivity contribution is 6.09. The molecule has 31 heavy (non-hydrogen) atoms. The number of amides is 1. The average Bonchev–Trinajstić information content (AvgIpc) is 3.03. The van der Waals surface area contributed by atoms with Crippen LogP contribution in [-0.4, -0.2) is 49.0 Å². The van der Waals surface area contributed by atoms with Gasteiger partial charge in [0.05, 0.1) is 19.1 Å². The van der Waals surface area contributed by atoms with E-state index in [0.717, 1.165) is 24.9 Å². The minimum absolute atomic E-state index is 0.0905. The fourth-order valence-corrected chi connectivity index (χ4v) is 6.18. The Morgan fingerprint density at radius 1 is 0.968 bits per heavy atom. The van der Waals surface area contributed by atoms with Gasteiger partial charge in [0.1, 0.15) is 0 Å². The Balaban J connectivity index is 1.71. The Morgan fingerprint density at radius 3 is 2.16 bits per heavy atom. The molecule has 6 nitrogen and oxygen atoms in total. The predicted molar refractivity (Wildman–Crippen MR) is 115 cm³/mol. The van der Waals surface area contributed by atoms with Gasteiger partial charge in [-0.05, 0) is 44.1 Å². The number of hydrogen-bond donors (Lipinski definition) is 0. The molecule has 2 aliphatic carbocycles. The molecule has 0 unspecified atom stereocenters. The SMILES string of the molecule is CCOC(=O)C1(C(=O)OCC)[C@H]2C(=O)N(CC3CCCCC3)C[C@H]2[C@@H]1c1ccccc1. The van der Waals surface area contributed by atoms with Crippen LogP contribution in [0.25, 0.3) is 0 Å². The largest absolute Gasteiger partial charge is 0.465 e. The van der Waals surface area contributed by atoms with E-state index in [2.05, 4.69) is 0 Å². The molecule has 1 heterocycles.